The summed E-state index contributed by atoms with van der Waals surface area (Å²) in [6.07, 6.45) is 2.50. The monoisotopic (exact) mass is 195 g/mol. The summed E-state index contributed by atoms with van der Waals surface area (Å²) in [7, 11) is 0. The fourth-order valence-corrected chi connectivity index (χ4v) is 3.27. The summed E-state index contributed by atoms with van der Waals surface area (Å²) in [5.41, 5.74) is 12.3. The predicted octanol–water partition coefficient (Wildman–Crippen LogP) is 2.00. The van der Waals surface area contributed by atoms with Crippen molar-refractivity contribution in [2.45, 2.75) is 25.8 Å². The minimum Gasteiger partial charge on any atom is -0.330 e. The molecule has 0 aromatic rings. The first-order valence-electron chi connectivity index (χ1n) is 5.24. The molecule has 14 heavy (non-hydrogen) atoms. The van der Waals surface area contributed by atoms with Crippen molar-refractivity contribution in [2.75, 3.05) is 6.54 Å². The Morgan fingerprint density at radius 2 is 2.21 bits per heavy atom. The Kier molecular flexibility index (Phi) is 2.58. The van der Waals surface area contributed by atoms with E-state index in [-0.39, 0.29) is 6.04 Å². The van der Waals surface area contributed by atoms with Crippen LogP contribution in [0.3, 0.4) is 0 Å². The molecule has 78 valence electrons. The van der Waals surface area contributed by atoms with Crippen LogP contribution in [0, 0.1) is 29.2 Å². The van der Waals surface area contributed by atoms with Gasteiger partial charge in [0.15, 0.2) is 0 Å². The molecule has 5 unspecified atom stereocenters. The van der Waals surface area contributed by atoms with E-state index in [9.17, 15) is 0 Å². The van der Waals surface area contributed by atoms with Gasteiger partial charge in [0, 0.05) is 0 Å². The van der Waals surface area contributed by atoms with Gasteiger partial charge in [-0.15, -0.1) is 0 Å². The average molecular weight is 195 g/mol. The summed E-state index contributed by atoms with van der Waals surface area (Å²) in [5.74, 6) is 2.56. The highest BCUT2D eigenvalue weighted by Gasteiger charge is 2.50. The maximum Gasteiger partial charge on any atom is 0.0790 e. The zero-order chi connectivity index (χ0) is 10.1. The molecule has 2 aliphatic rings. The lowest BCUT2D eigenvalue weighted by atomic mass is 9.79. The molecule has 2 fully saturated rings. The lowest BCUT2D eigenvalue weighted by Crippen LogP contribution is -2.33. The number of hydrogen-bond donors (Lipinski definition) is 2. The van der Waals surface area contributed by atoms with Crippen LogP contribution in [0.5, 0.6) is 0 Å². The molecule has 0 saturated heterocycles. The second-order valence-electron chi connectivity index (χ2n) is 4.55. The molecule has 2 rings (SSSR count). The molecule has 2 aliphatic carbocycles. The molecule has 3 N–H and O–H groups in total. The van der Waals surface area contributed by atoms with Crippen molar-refractivity contribution >= 4 is 0 Å². The topological polar surface area (TPSA) is 86.9 Å². The van der Waals surface area contributed by atoms with Crippen LogP contribution >= 0.6 is 0 Å². The highest BCUT2D eigenvalue weighted by atomic mass is 15.4. The van der Waals surface area contributed by atoms with Gasteiger partial charge in [-0.05, 0) is 53.5 Å². The molecule has 0 spiro atoms. The van der Waals surface area contributed by atoms with Crippen LogP contribution in [0.15, 0.2) is 15.6 Å². The molecule has 5 heteroatoms. The van der Waals surface area contributed by atoms with E-state index < -0.39 is 0 Å². The van der Waals surface area contributed by atoms with Gasteiger partial charge in [0.1, 0.15) is 0 Å². The third-order valence-corrected chi connectivity index (χ3v) is 4.04. The molecule has 0 amide bonds. The van der Waals surface area contributed by atoms with E-state index in [0.29, 0.717) is 17.8 Å². The molecular weight excluding hydrogens is 178 g/mol. The van der Waals surface area contributed by atoms with Crippen molar-refractivity contribution in [1.29, 1.82) is 5.53 Å². The van der Waals surface area contributed by atoms with Gasteiger partial charge in [0.05, 0.1) is 6.04 Å². The Balaban J connectivity index is 2.10. The Bertz CT molecular complexity index is 252. The van der Waals surface area contributed by atoms with Crippen molar-refractivity contribution in [2.24, 2.45) is 45.0 Å². The molecule has 0 radical (unpaired) electrons. The summed E-state index contributed by atoms with van der Waals surface area (Å²) >= 11 is 0. The fraction of sp³-hybridized carbons (Fsp3) is 1.00. The van der Waals surface area contributed by atoms with Crippen LogP contribution in [0.1, 0.15) is 19.8 Å². The van der Waals surface area contributed by atoms with E-state index >= 15 is 0 Å². The van der Waals surface area contributed by atoms with Crippen molar-refractivity contribution in [1.82, 2.24) is 0 Å². The quantitative estimate of drug-likeness (QED) is 0.523. The van der Waals surface area contributed by atoms with E-state index in [2.05, 4.69) is 22.5 Å². The number of fused-ring (bicyclic) bond motifs is 2. The third-order valence-electron chi connectivity index (χ3n) is 4.04. The predicted molar refractivity (Wildman–Crippen MR) is 51.7 cm³/mol. The summed E-state index contributed by atoms with van der Waals surface area (Å²) in [4.78, 5) is 0. The van der Waals surface area contributed by atoms with Crippen LogP contribution in [-0.4, -0.2) is 12.6 Å². The van der Waals surface area contributed by atoms with Crippen LogP contribution in [0.4, 0.5) is 0 Å². The molecule has 5 atom stereocenters. The number of nitrogens with one attached hydrogen (secondary N) is 1. The highest BCUT2D eigenvalue weighted by molar-refractivity contribution is 5.02. The van der Waals surface area contributed by atoms with Crippen LogP contribution in [-0.2, 0) is 0 Å². The Labute approximate surface area is 83.6 Å². The van der Waals surface area contributed by atoms with Gasteiger partial charge in [-0.3, -0.25) is 0 Å². The van der Waals surface area contributed by atoms with Gasteiger partial charge in [0.25, 0.3) is 0 Å². The SMILES string of the molecule is CC1C2CC(CN)C(C2)C1N=NN=N. The minimum absolute atomic E-state index is 0.261. The van der Waals surface area contributed by atoms with E-state index in [1.165, 1.54) is 12.8 Å². The van der Waals surface area contributed by atoms with E-state index in [4.69, 9.17) is 11.3 Å². The van der Waals surface area contributed by atoms with Crippen molar-refractivity contribution in [3.05, 3.63) is 0 Å². The Morgan fingerprint density at radius 3 is 2.79 bits per heavy atom. The minimum atomic E-state index is 0.261. The first-order chi connectivity index (χ1) is 6.77. The van der Waals surface area contributed by atoms with Gasteiger partial charge >= 0.3 is 0 Å². The summed E-state index contributed by atoms with van der Waals surface area (Å²) in [5, 5.41) is 10.5. The molecule has 0 heterocycles. The molecular formula is C9H17N5. The second kappa shape index (κ2) is 3.73. The molecule has 2 saturated carbocycles. The number of nitrogens with zero attached hydrogens (tertiary/aromatic N) is 3. The third kappa shape index (κ3) is 1.35. The number of rotatable bonds is 3. The largest absolute Gasteiger partial charge is 0.330 e. The molecule has 0 aliphatic heterocycles. The first kappa shape index (κ1) is 9.71. The maximum atomic E-state index is 6.60. The zero-order valence-corrected chi connectivity index (χ0v) is 8.43. The van der Waals surface area contributed by atoms with Crippen LogP contribution in [0.25, 0.3) is 0 Å². The van der Waals surface area contributed by atoms with Gasteiger partial charge in [-0.25, -0.2) is 0 Å². The van der Waals surface area contributed by atoms with Crippen LogP contribution < -0.4 is 5.73 Å². The number of hydrogen-bond acceptors (Lipinski definition) is 3. The zero-order valence-electron chi connectivity index (χ0n) is 8.43. The highest BCUT2D eigenvalue weighted by Crippen LogP contribution is 2.52. The second-order valence-corrected chi connectivity index (χ2v) is 4.55. The molecule has 0 aromatic heterocycles. The van der Waals surface area contributed by atoms with Gasteiger partial charge in [-0.2, -0.15) is 10.6 Å². The van der Waals surface area contributed by atoms with Gasteiger partial charge in [-0.1, -0.05) is 6.92 Å². The molecule has 2 bridgehead atoms. The normalized spacial score (nSPS) is 46.3. The van der Waals surface area contributed by atoms with Crippen molar-refractivity contribution < 1.29 is 0 Å². The lowest BCUT2D eigenvalue weighted by Gasteiger charge is -2.29. The van der Waals surface area contributed by atoms with Crippen molar-refractivity contribution in [3.63, 3.8) is 0 Å². The smallest absolute Gasteiger partial charge is 0.0790 e. The standard InChI is InChI=1S/C9H17N5/c1-5-6-2-7(4-10)8(3-6)9(5)12-14-13-11/h5-9,11H,2-4,10H2,1H3. The maximum absolute atomic E-state index is 6.60. The summed E-state index contributed by atoms with van der Waals surface area (Å²) < 4.78 is 0. The number of nitrogens with two attached hydrogens (primary N) is 1. The fourth-order valence-electron chi connectivity index (χ4n) is 3.27. The average Bonchev–Trinajstić information content (AvgIpc) is 2.73. The first-order valence-corrected chi connectivity index (χ1v) is 5.24. The van der Waals surface area contributed by atoms with Crippen LogP contribution in [0.2, 0.25) is 0 Å². The van der Waals surface area contributed by atoms with E-state index in [1.807, 2.05) is 0 Å². The van der Waals surface area contributed by atoms with Gasteiger partial charge < -0.3 is 5.73 Å². The Morgan fingerprint density at radius 1 is 1.43 bits per heavy atom. The summed E-state index contributed by atoms with van der Waals surface area (Å²) in [6.45, 7) is 2.99. The molecule has 0 aromatic carbocycles. The van der Waals surface area contributed by atoms with Crippen molar-refractivity contribution in [3.8, 4) is 0 Å². The van der Waals surface area contributed by atoms with Gasteiger partial charge in [0.2, 0.25) is 0 Å². The Hall–Kier alpha value is -0.840. The lowest BCUT2D eigenvalue weighted by molar-refractivity contribution is 0.233. The van der Waals surface area contributed by atoms with E-state index in [1.54, 1.807) is 0 Å². The van der Waals surface area contributed by atoms with E-state index in [0.717, 1.165) is 12.5 Å². The summed E-state index contributed by atoms with van der Waals surface area (Å²) in [6, 6.07) is 0.261. The molecule has 5 nitrogen and oxygen atoms in total.